The molecule has 0 aliphatic heterocycles. The first-order valence-electron chi connectivity index (χ1n) is 5.83. The van der Waals surface area contributed by atoms with E-state index in [1.54, 1.807) is 41.8 Å². The summed E-state index contributed by atoms with van der Waals surface area (Å²) in [5, 5.41) is 10.7. The van der Waals surface area contributed by atoms with Gasteiger partial charge in [-0.25, -0.2) is 0 Å². The molecule has 0 saturated carbocycles. The Labute approximate surface area is 120 Å². The number of carboxylic acids is 1. The predicted octanol–water partition coefficient (Wildman–Crippen LogP) is 2.49. The number of thiophene rings is 1. The predicted molar refractivity (Wildman–Crippen MR) is 76.6 cm³/mol. The Morgan fingerprint density at radius 1 is 1.30 bits per heavy atom. The smallest absolute Gasteiger partial charge is 0.323 e. The quantitative estimate of drug-likeness (QED) is 0.919. The highest BCUT2D eigenvalue weighted by atomic mass is 32.1. The first-order valence-corrected chi connectivity index (χ1v) is 6.71. The van der Waals surface area contributed by atoms with E-state index in [-0.39, 0.29) is 12.5 Å². The molecule has 20 heavy (non-hydrogen) atoms. The van der Waals surface area contributed by atoms with Crippen molar-refractivity contribution in [3.8, 4) is 5.75 Å². The summed E-state index contributed by atoms with van der Waals surface area (Å²) in [6.07, 6.45) is 0. The van der Waals surface area contributed by atoms with Gasteiger partial charge >= 0.3 is 5.97 Å². The Morgan fingerprint density at radius 2 is 2.00 bits per heavy atom. The average Bonchev–Trinajstić information content (AvgIpc) is 2.94. The standard InChI is InChI=1S/C14H13NO4S/c1-19-11-7-12(20-9-11)14(18)15(8-13(16)17)10-5-3-2-4-6-10/h2-7,9H,8H2,1H3,(H,16,17). The van der Waals surface area contributed by atoms with Crippen LogP contribution in [0, 0.1) is 0 Å². The third-order valence-corrected chi connectivity index (χ3v) is 3.52. The normalized spacial score (nSPS) is 10.1. The van der Waals surface area contributed by atoms with Crippen LogP contribution in [-0.2, 0) is 4.79 Å². The number of hydrogen-bond acceptors (Lipinski definition) is 4. The highest BCUT2D eigenvalue weighted by Gasteiger charge is 2.21. The van der Waals surface area contributed by atoms with Crippen LogP contribution < -0.4 is 9.64 Å². The van der Waals surface area contributed by atoms with Crippen LogP contribution in [0.15, 0.2) is 41.8 Å². The molecule has 1 amide bonds. The Balaban J connectivity index is 2.31. The summed E-state index contributed by atoms with van der Waals surface area (Å²) in [6, 6.07) is 10.3. The largest absolute Gasteiger partial charge is 0.496 e. The second-order valence-electron chi connectivity index (χ2n) is 3.97. The van der Waals surface area contributed by atoms with E-state index < -0.39 is 5.97 Å². The molecule has 0 atom stereocenters. The van der Waals surface area contributed by atoms with Gasteiger partial charge in [0.25, 0.3) is 5.91 Å². The lowest BCUT2D eigenvalue weighted by molar-refractivity contribution is -0.135. The molecule has 0 saturated heterocycles. The van der Waals surface area contributed by atoms with E-state index in [1.165, 1.54) is 23.3 Å². The van der Waals surface area contributed by atoms with Gasteiger partial charge in [0.05, 0.1) is 12.0 Å². The third-order valence-electron chi connectivity index (χ3n) is 2.63. The lowest BCUT2D eigenvalue weighted by atomic mass is 10.2. The van der Waals surface area contributed by atoms with Crippen molar-refractivity contribution in [1.29, 1.82) is 0 Å². The molecule has 1 N–H and O–H groups in total. The Hall–Kier alpha value is -2.34. The van der Waals surface area contributed by atoms with Gasteiger partial charge in [-0.05, 0) is 12.1 Å². The summed E-state index contributed by atoms with van der Waals surface area (Å²) in [6.45, 7) is -0.386. The number of hydrogen-bond donors (Lipinski definition) is 1. The number of rotatable bonds is 5. The van der Waals surface area contributed by atoms with Gasteiger partial charge in [-0.3, -0.25) is 14.5 Å². The number of anilines is 1. The van der Waals surface area contributed by atoms with Gasteiger partial charge in [0.1, 0.15) is 12.3 Å². The number of carbonyl (C=O) groups is 2. The minimum Gasteiger partial charge on any atom is -0.496 e. The third kappa shape index (κ3) is 3.16. The molecule has 104 valence electrons. The van der Waals surface area contributed by atoms with Crippen LogP contribution in [0.4, 0.5) is 5.69 Å². The molecule has 1 aromatic carbocycles. The summed E-state index contributed by atoms with van der Waals surface area (Å²) < 4.78 is 5.03. The fourth-order valence-corrected chi connectivity index (χ4v) is 2.50. The summed E-state index contributed by atoms with van der Waals surface area (Å²) in [5.74, 6) is -0.834. The molecule has 0 fully saturated rings. The molecular weight excluding hydrogens is 278 g/mol. The van der Waals surface area contributed by atoms with Crippen molar-refractivity contribution in [2.24, 2.45) is 0 Å². The first-order chi connectivity index (χ1) is 9.61. The first kappa shape index (κ1) is 14.1. The number of amides is 1. The number of carboxylic acid groups (broad SMARTS) is 1. The topological polar surface area (TPSA) is 66.8 Å². The lowest BCUT2D eigenvalue weighted by Crippen LogP contribution is -2.35. The van der Waals surface area contributed by atoms with Gasteiger partial charge in [-0.1, -0.05) is 18.2 Å². The van der Waals surface area contributed by atoms with Crippen molar-refractivity contribution < 1.29 is 19.4 Å². The van der Waals surface area contributed by atoms with Crippen LogP contribution in [0.5, 0.6) is 5.75 Å². The maximum atomic E-state index is 12.4. The molecule has 0 aliphatic rings. The highest BCUT2D eigenvalue weighted by molar-refractivity contribution is 7.12. The zero-order valence-corrected chi connectivity index (χ0v) is 11.6. The van der Waals surface area contributed by atoms with Crippen LogP contribution in [0.1, 0.15) is 9.67 Å². The van der Waals surface area contributed by atoms with Crippen molar-refractivity contribution in [2.45, 2.75) is 0 Å². The van der Waals surface area contributed by atoms with E-state index in [0.29, 0.717) is 16.3 Å². The number of para-hydroxylation sites is 1. The van der Waals surface area contributed by atoms with Crippen LogP contribution in [0.25, 0.3) is 0 Å². The van der Waals surface area contributed by atoms with E-state index in [4.69, 9.17) is 9.84 Å². The molecule has 5 nitrogen and oxygen atoms in total. The van der Waals surface area contributed by atoms with Gasteiger partial charge in [0, 0.05) is 17.1 Å². The van der Waals surface area contributed by atoms with E-state index in [1.807, 2.05) is 0 Å². The summed E-state index contributed by atoms with van der Waals surface area (Å²) in [7, 11) is 1.52. The van der Waals surface area contributed by atoms with Crippen molar-refractivity contribution in [3.63, 3.8) is 0 Å². The van der Waals surface area contributed by atoms with Crippen LogP contribution in [0.2, 0.25) is 0 Å². The van der Waals surface area contributed by atoms with Crippen molar-refractivity contribution in [1.82, 2.24) is 0 Å². The van der Waals surface area contributed by atoms with Crippen LogP contribution in [-0.4, -0.2) is 30.6 Å². The number of carbonyl (C=O) groups excluding carboxylic acids is 1. The lowest BCUT2D eigenvalue weighted by Gasteiger charge is -2.19. The molecule has 0 radical (unpaired) electrons. The molecule has 0 spiro atoms. The number of ether oxygens (including phenoxy) is 1. The van der Waals surface area contributed by atoms with E-state index in [2.05, 4.69) is 0 Å². The Bertz CT molecular complexity index is 609. The highest BCUT2D eigenvalue weighted by Crippen LogP contribution is 2.24. The summed E-state index contributed by atoms with van der Waals surface area (Å²) >= 11 is 1.22. The van der Waals surface area contributed by atoms with Crippen molar-refractivity contribution in [2.75, 3.05) is 18.6 Å². The number of aliphatic carboxylic acids is 1. The maximum absolute atomic E-state index is 12.4. The number of nitrogens with zero attached hydrogens (tertiary/aromatic N) is 1. The van der Waals surface area contributed by atoms with Gasteiger partial charge < -0.3 is 9.84 Å². The Kier molecular flexibility index (Phi) is 4.37. The number of benzene rings is 1. The SMILES string of the molecule is COc1csc(C(=O)N(CC(=O)O)c2ccccc2)c1. The second kappa shape index (κ2) is 6.21. The van der Waals surface area contributed by atoms with Crippen LogP contribution >= 0.6 is 11.3 Å². The molecular formula is C14H13NO4S. The zero-order chi connectivity index (χ0) is 14.5. The van der Waals surface area contributed by atoms with Crippen LogP contribution in [0.3, 0.4) is 0 Å². The fourth-order valence-electron chi connectivity index (χ4n) is 1.69. The fraction of sp³-hybridized carbons (Fsp3) is 0.143. The van der Waals surface area contributed by atoms with E-state index in [9.17, 15) is 9.59 Å². The van der Waals surface area contributed by atoms with Gasteiger partial charge in [-0.15, -0.1) is 11.3 Å². The van der Waals surface area contributed by atoms with Gasteiger partial charge in [-0.2, -0.15) is 0 Å². The van der Waals surface area contributed by atoms with E-state index in [0.717, 1.165) is 0 Å². The molecule has 1 aromatic heterocycles. The molecule has 2 rings (SSSR count). The van der Waals surface area contributed by atoms with Gasteiger partial charge in [0.15, 0.2) is 0 Å². The van der Waals surface area contributed by atoms with E-state index >= 15 is 0 Å². The molecule has 2 aromatic rings. The maximum Gasteiger partial charge on any atom is 0.323 e. The Morgan fingerprint density at radius 3 is 2.55 bits per heavy atom. The zero-order valence-electron chi connectivity index (χ0n) is 10.8. The minimum atomic E-state index is -1.06. The molecule has 0 aliphatic carbocycles. The van der Waals surface area contributed by atoms with Crippen molar-refractivity contribution in [3.05, 3.63) is 46.7 Å². The van der Waals surface area contributed by atoms with Crippen molar-refractivity contribution >= 4 is 28.9 Å². The molecule has 0 bridgehead atoms. The van der Waals surface area contributed by atoms with Gasteiger partial charge in [0.2, 0.25) is 0 Å². The monoisotopic (exact) mass is 291 g/mol. The molecule has 1 heterocycles. The summed E-state index contributed by atoms with van der Waals surface area (Å²) in [4.78, 5) is 25.1. The molecule has 0 unspecified atom stereocenters. The minimum absolute atomic E-state index is 0.355. The summed E-state index contributed by atoms with van der Waals surface area (Å²) in [5.41, 5.74) is 0.548. The number of methoxy groups -OCH3 is 1. The average molecular weight is 291 g/mol. The second-order valence-corrected chi connectivity index (χ2v) is 4.88. The molecule has 6 heteroatoms.